The van der Waals surface area contributed by atoms with E-state index in [-0.39, 0.29) is 29.1 Å². The number of carbonyl (C=O) groups excluding carboxylic acids is 1. The average molecular weight is 497 g/mol. The van der Waals surface area contributed by atoms with E-state index in [2.05, 4.69) is 10.0 Å². The number of nitrogens with zero attached hydrogens (tertiary/aromatic N) is 1. The normalized spacial score (nSPS) is 35.2. The minimum Gasteiger partial charge on any atom is -0.334 e. The number of likely N-dealkylation sites (tertiary alicyclic amines) is 1. The Morgan fingerprint density at radius 2 is 1.94 bits per heavy atom. The van der Waals surface area contributed by atoms with E-state index in [1.165, 1.54) is 24.4 Å². The molecule has 0 spiro atoms. The lowest BCUT2D eigenvalue weighted by Gasteiger charge is -2.62. The van der Waals surface area contributed by atoms with Crippen molar-refractivity contribution in [1.82, 2.24) is 14.9 Å². The van der Waals surface area contributed by atoms with Crippen LogP contribution in [0.15, 0.2) is 23.1 Å². The van der Waals surface area contributed by atoms with Gasteiger partial charge in [0, 0.05) is 23.8 Å². The number of hydrogen-bond donors (Lipinski definition) is 3. The van der Waals surface area contributed by atoms with Crippen molar-refractivity contribution in [2.75, 3.05) is 13.1 Å². The summed E-state index contributed by atoms with van der Waals surface area (Å²) in [5, 5.41) is 10.9. The summed E-state index contributed by atoms with van der Waals surface area (Å²) in [6, 6.07) is 3.89. The molecule has 3 atom stereocenters. The number of amides is 1. The van der Waals surface area contributed by atoms with Crippen molar-refractivity contribution in [2.45, 2.75) is 73.4 Å². The van der Waals surface area contributed by atoms with Crippen molar-refractivity contribution in [2.24, 2.45) is 11.8 Å². The monoisotopic (exact) mass is 496 g/mol. The van der Waals surface area contributed by atoms with Gasteiger partial charge >= 0.3 is 0 Å². The molecule has 3 N–H and O–H groups in total. The van der Waals surface area contributed by atoms with E-state index in [1.54, 1.807) is 4.90 Å². The van der Waals surface area contributed by atoms with Gasteiger partial charge in [-0.3, -0.25) is 4.79 Å². The quantitative estimate of drug-likeness (QED) is 0.505. The zero-order valence-corrected chi connectivity index (χ0v) is 20.0. The molecule has 7 nitrogen and oxygen atoms in total. The Bertz CT molecular complexity index is 1070. The van der Waals surface area contributed by atoms with Gasteiger partial charge in [-0.15, -0.1) is 0 Å². The van der Waals surface area contributed by atoms with E-state index < -0.39 is 26.3 Å². The van der Waals surface area contributed by atoms with Crippen LogP contribution in [-0.4, -0.2) is 55.6 Å². The summed E-state index contributed by atoms with van der Waals surface area (Å²) in [6.07, 6.45) is 8.01. The topological polar surface area (TPSA) is 102 Å². The molecular weight excluding hydrogens is 467 g/mol. The molecule has 33 heavy (non-hydrogen) atoms. The summed E-state index contributed by atoms with van der Waals surface area (Å²) in [4.78, 5) is 14.2. The molecule has 1 amide bonds. The van der Waals surface area contributed by atoms with Crippen LogP contribution in [0.25, 0.3) is 0 Å². The highest BCUT2D eigenvalue weighted by molar-refractivity contribution is 7.89. The zero-order valence-electron chi connectivity index (χ0n) is 18.4. The summed E-state index contributed by atoms with van der Waals surface area (Å²) < 4.78 is 43.8. The van der Waals surface area contributed by atoms with E-state index in [1.807, 2.05) is 0 Å². The maximum absolute atomic E-state index is 14.5. The van der Waals surface area contributed by atoms with E-state index >= 15 is 0 Å². The zero-order chi connectivity index (χ0) is 23.4. The standard InChI is InChI=1S/C23H30ClFN4O3S/c24-18-4-1-5-19(21(18)25)33(31,32)28-23-10-15-7-16(11-23)9-22(8-15,14-23)27-13-20(30)29-6-2-3-17(29)12-26/h1,4-5,12,15-17,26-28H,2-3,6-11,13-14H2/t15?,16?,17-,22?,23?/m0/s1. The molecule has 0 radical (unpaired) electrons. The Morgan fingerprint density at radius 3 is 2.64 bits per heavy atom. The predicted molar refractivity (Wildman–Crippen MR) is 123 cm³/mol. The fourth-order valence-corrected chi connectivity index (χ4v) is 9.01. The molecule has 5 fully saturated rings. The van der Waals surface area contributed by atoms with Gasteiger partial charge in [0.05, 0.1) is 17.6 Å². The molecular formula is C23H30ClFN4O3S. The van der Waals surface area contributed by atoms with Crippen molar-refractivity contribution in [1.29, 1.82) is 5.41 Å². The summed E-state index contributed by atoms with van der Waals surface area (Å²) in [6.45, 7) is 0.864. The van der Waals surface area contributed by atoms with Gasteiger partial charge in [0.25, 0.3) is 0 Å². The van der Waals surface area contributed by atoms with Crippen molar-refractivity contribution in [3.63, 3.8) is 0 Å². The number of benzene rings is 1. The summed E-state index contributed by atoms with van der Waals surface area (Å²) in [5.74, 6) is -0.211. The molecule has 180 valence electrons. The van der Waals surface area contributed by atoms with Gasteiger partial charge < -0.3 is 15.6 Å². The lowest BCUT2D eigenvalue weighted by Crippen LogP contribution is -2.69. The van der Waals surface area contributed by atoms with Crippen LogP contribution in [0.1, 0.15) is 51.4 Å². The fourth-order valence-electron chi connectivity index (χ4n) is 7.26. The first-order valence-corrected chi connectivity index (χ1v) is 13.5. The second-order valence-electron chi connectivity index (χ2n) is 10.5. The first-order chi connectivity index (χ1) is 15.6. The Hall–Kier alpha value is -1.55. The molecule has 5 aliphatic rings. The fraction of sp³-hybridized carbons (Fsp3) is 0.652. The number of halogens is 2. The largest absolute Gasteiger partial charge is 0.334 e. The molecule has 6 rings (SSSR count). The minimum atomic E-state index is -4.10. The Labute approximate surface area is 199 Å². The van der Waals surface area contributed by atoms with Gasteiger partial charge in [-0.25, -0.2) is 17.5 Å². The maximum Gasteiger partial charge on any atom is 0.244 e. The van der Waals surface area contributed by atoms with Crippen LogP contribution in [0.3, 0.4) is 0 Å². The lowest BCUT2D eigenvalue weighted by atomic mass is 9.50. The number of hydrogen-bond acceptors (Lipinski definition) is 5. The molecule has 2 unspecified atom stereocenters. The summed E-state index contributed by atoms with van der Waals surface area (Å²) >= 11 is 5.84. The molecule has 0 aromatic heterocycles. The highest BCUT2D eigenvalue weighted by Gasteiger charge is 2.59. The SMILES string of the molecule is N=C[C@@H]1CCCN1C(=O)CNC12CC3CC(C1)CC(NS(=O)(=O)c1cccc(Cl)c1F)(C3)C2. The summed E-state index contributed by atoms with van der Waals surface area (Å²) in [7, 11) is -4.10. The first-order valence-electron chi connectivity index (χ1n) is 11.7. The van der Waals surface area contributed by atoms with Crippen molar-refractivity contribution < 1.29 is 17.6 Å². The van der Waals surface area contributed by atoms with E-state index in [9.17, 15) is 17.6 Å². The van der Waals surface area contributed by atoms with Crippen LogP contribution in [0.4, 0.5) is 4.39 Å². The Morgan fingerprint density at radius 1 is 1.24 bits per heavy atom. The van der Waals surface area contributed by atoms with Gasteiger partial charge in [0.2, 0.25) is 15.9 Å². The van der Waals surface area contributed by atoms with Crippen molar-refractivity contribution >= 4 is 33.7 Å². The number of rotatable bonds is 7. The second-order valence-corrected chi connectivity index (χ2v) is 12.6. The smallest absolute Gasteiger partial charge is 0.244 e. The van der Waals surface area contributed by atoms with Crippen LogP contribution in [0.5, 0.6) is 0 Å². The maximum atomic E-state index is 14.5. The third kappa shape index (κ3) is 4.22. The van der Waals surface area contributed by atoms with E-state index in [4.69, 9.17) is 17.0 Å². The van der Waals surface area contributed by atoms with Gasteiger partial charge in [-0.1, -0.05) is 17.7 Å². The third-order valence-electron chi connectivity index (χ3n) is 8.04. The average Bonchev–Trinajstić information content (AvgIpc) is 3.21. The van der Waals surface area contributed by atoms with Crippen LogP contribution in [-0.2, 0) is 14.8 Å². The molecule has 1 heterocycles. The van der Waals surface area contributed by atoms with Crippen molar-refractivity contribution in [3.05, 3.63) is 29.0 Å². The molecule has 10 heteroatoms. The predicted octanol–water partition coefficient (Wildman–Crippen LogP) is 3.08. The van der Waals surface area contributed by atoms with Crippen molar-refractivity contribution in [3.8, 4) is 0 Å². The van der Waals surface area contributed by atoms with Crippen LogP contribution < -0.4 is 10.0 Å². The van der Waals surface area contributed by atoms with Gasteiger partial charge in [-0.05, 0) is 75.3 Å². The third-order valence-corrected chi connectivity index (χ3v) is 9.93. The van der Waals surface area contributed by atoms with E-state index in [0.717, 1.165) is 44.9 Å². The molecule has 1 saturated heterocycles. The minimum absolute atomic E-state index is 0.00706. The molecule has 1 aromatic rings. The Balaban J connectivity index is 1.34. The molecule has 4 bridgehead atoms. The van der Waals surface area contributed by atoms with Gasteiger partial charge in [0.15, 0.2) is 5.82 Å². The van der Waals surface area contributed by atoms with Gasteiger partial charge in [-0.2, -0.15) is 0 Å². The lowest BCUT2D eigenvalue weighted by molar-refractivity contribution is -0.131. The molecule has 4 saturated carbocycles. The highest BCUT2D eigenvalue weighted by Crippen LogP contribution is 2.57. The van der Waals surface area contributed by atoms with Gasteiger partial charge in [0.1, 0.15) is 4.90 Å². The molecule has 4 aliphatic carbocycles. The number of carbonyl (C=O) groups is 1. The van der Waals surface area contributed by atoms with E-state index in [0.29, 0.717) is 24.8 Å². The Kier molecular flexibility index (Phi) is 5.83. The van der Waals surface area contributed by atoms with Crippen LogP contribution in [0.2, 0.25) is 5.02 Å². The molecule has 1 aliphatic heterocycles. The second kappa shape index (κ2) is 8.29. The number of nitrogens with one attached hydrogen (secondary N) is 3. The molecule has 1 aromatic carbocycles. The highest BCUT2D eigenvalue weighted by atomic mass is 35.5. The van der Waals surface area contributed by atoms with Crippen LogP contribution in [0, 0.1) is 23.1 Å². The summed E-state index contributed by atoms with van der Waals surface area (Å²) in [5.41, 5.74) is -0.964. The number of sulfonamides is 1. The first kappa shape index (κ1) is 23.2. The van der Waals surface area contributed by atoms with Crippen LogP contribution >= 0.6 is 11.6 Å².